The highest BCUT2D eigenvalue weighted by Gasteiger charge is 2.17. The summed E-state index contributed by atoms with van der Waals surface area (Å²) in [6.07, 6.45) is 2.83. The van der Waals surface area contributed by atoms with Gasteiger partial charge in [0.15, 0.2) is 5.52 Å². The van der Waals surface area contributed by atoms with E-state index in [4.69, 9.17) is 5.73 Å². The van der Waals surface area contributed by atoms with Gasteiger partial charge in [-0.15, -0.1) is 0 Å². The van der Waals surface area contributed by atoms with Gasteiger partial charge in [0.1, 0.15) is 0 Å². The number of carbonyl (C=O) groups excluding carboxylic acids is 1. The molecule has 2 aromatic carbocycles. The molecule has 3 N–H and O–H groups in total. The molecule has 0 unspecified atom stereocenters. The topological polar surface area (TPSA) is 123 Å². The Hall–Kier alpha value is -4.59. The lowest BCUT2D eigenvalue weighted by Gasteiger charge is -2.13. The van der Waals surface area contributed by atoms with Crippen LogP contribution in [0.1, 0.15) is 21.5 Å². The number of aromatic nitrogens is 3. The summed E-state index contributed by atoms with van der Waals surface area (Å²) >= 11 is 0. The Bertz CT molecular complexity index is 1530. The monoisotopic (exact) mass is 425 g/mol. The van der Waals surface area contributed by atoms with Gasteiger partial charge in [-0.25, -0.2) is 14.3 Å². The van der Waals surface area contributed by atoms with Crippen LogP contribution in [0.5, 0.6) is 0 Å². The second-order valence-corrected chi connectivity index (χ2v) is 7.11. The van der Waals surface area contributed by atoms with Crippen LogP contribution >= 0.6 is 0 Å². The van der Waals surface area contributed by atoms with Gasteiger partial charge in [0.05, 0.1) is 17.4 Å². The SMILES string of the molecule is C=N/C=C(\c1ccccc1C)n1c(=O)[nH]c2cc(-c3ccccc3C(N)=O)cnc2c1=O. The quantitative estimate of drug-likeness (QED) is 0.477. The molecule has 2 aromatic heterocycles. The number of H-pyrrole nitrogens is 1. The maximum atomic E-state index is 13.3. The Labute approximate surface area is 182 Å². The minimum absolute atomic E-state index is 0.0634. The number of carbonyl (C=O) groups is 1. The van der Waals surface area contributed by atoms with Crippen LogP contribution in [0.4, 0.5) is 0 Å². The van der Waals surface area contributed by atoms with Gasteiger partial charge in [-0.1, -0.05) is 42.5 Å². The molecule has 32 heavy (non-hydrogen) atoms. The van der Waals surface area contributed by atoms with E-state index in [1.54, 1.807) is 42.5 Å². The molecule has 0 radical (unpaired) electrons. The van der Waals surface area contributed by atoms with Crippen molar-refractivity contribution in [2.45, 2.75) is 6.92 Å². The molecule has 0 saturated carbocycles. The number of aliphatic imine (C=N–C) groups is 1. The van der Waals surface area contributed by atoms with Crippen molar-refractivity contribution in [1.82, 2.24) is 14.5 Å². The summed E-state index contributed by atoms with van der Waals surface area (Å²) in [6.45, 7) is 5.33. The first-order valence-corrected chi connectivity index (χ1v) is 9.69. The van der Waals surface area contributed by atoms with Crippen LogP contribution in [0, 0.1) is 6.92 Å². The standard InChI is InChI=1S/C24H19N5O3/c1-14-7-3-4-8-16(14)20(13-26-2)29-23(31)21-19(28-24(29)32)11-15(12-27-21)17-9-5-6-10-18(17)22(25)30/h3-13H,2H2,1H3,(H2,25,30)(H,28,32)/b20-13+. The molecule has 158 valence electrons. The average molecular weight is 425 g/mol. The third-order valence-electron chi connectivity index (χ3n) is 5.12. The Morgan fingerprint density at radius 2 is 1.81 bits per heavy atom. The first-order valence-electron chi connectivity index (χ1n) is 9.69. The number of nitrogens with two attached hydrogens (primary N) is 1. The normalized spacial score (nSPS) is 11.5. The third-order valence-corrected chi connectivity index (χ3v) is 5.12. The van der Waals surface area contributed by atoms with Gasteiger partial charge in [0.2, 0.25) is 5.91 Å². The average Bonchev–Trinajstić information content (AvgIpc) is 2.78. The van der Waals surface area contributed by atoms with E-state index in [9.17, 15) is 14.4 Å². The number of benzene rings is 2. The molecule has 0 bridgehead atoms. The molecule has 8 nitrogen and oxygen atoms in total. The number of nitrogens with one attached hydrogen (secondary N) is 1. The molecule has 0 fully saturated rings. The summed E-state index contributed by atoms with van der Waals surface area (Å²) in [5.74, 6) is -0.588. The van der Waals surface area contributed by atoms with Crippen LogP contribution in [0.25, 0.3) is 27.9 Å². The zero-order chi connectivity index (χ0) is 22.8. The summed E-state index contributed by atoms with van der Waals surface area (Å²) in [7, 11) is 0. The maximum Gasteiger partial charge on any atom is 0.333 e. The van der Waals surface area contributed by atoms with E-state index in [2.05, 4.69) is 21.7 Å². The molecule has 0 saturated heterocycles. The maximum absolute atomic E-state index is 13.3. The molecular formula is C24H19N5O3. The van der Waals surface area contributed by atoms with Gasteiger partial charge in [0.25, 0.3) is 5.56 Å². The highest BCUT2D eigenvalue weighted by Crippen LogP contribution is 2.25. The number of aromatic amines is 1. The summed E-state index contributed by atoms with van der Waals surface area (Å²) in [6, 6.07) is 15.7. The molecule has 0 spiro atoms. The second-order valence-electron chi connectivity index (χ2n) is 7.11. The zero-order valence-electron chi connectivity index (χ0n) is 17.2. The fraction of sp³-hybridized carbons (Fsp3) is 0.0417. The predicted molar refractivity (Wildman–Crippen MR) is 125 cm³/mol. The minimum Gasteiger partial charge on any atom is -0.366 e. The van der Waals surface area contributed by atoms with E-state index in [0.717, 1.165) is 10.1 Å². The lowest BCUT2D eigenvalue weighted by Crippen LogP contribution is -2.35. The fourth-order valence-corrected chi connectivity index (χ4v) is 3.61. The fourth-order valence-electron chi connectivity index (χ4n) is 3.61. The molecule has 4 rings (SSSR count). The van der Waals surface area contributed by atoms with Gasteiger partial charge < -0.3 is 10.7 Å². The Morgan fingerprint density at radius 1 is 1.12 bits per heavy atom. The van der Waals surface area contributed by atoms with Crippen molar-refractivity contribution in [3.63, 3.8) is 0 Å². The third kappa shape index (κ3) is 3.54. The number of hydrogen-bond acceptors (Lipinski definition) is 5. The summed E-state index contributed by atoms with van der Waals surface area (Å²) in [4.78, 5) is 48.8. The number of fused-ring (bicyclic) bond motifs is 1. The van der Waals surface area contributed by atoms with Gasteiger partial charge >= 0.3 is 5.69 Å². The Kier molecular flexibility index (Phi) is 5.34. The van der Waals surface area contributed by atoms with Crippen LogP contribution in [0.15, 0.2) is 81.6 Å². The Balaban J connectivity index is 1.95. The van der Waals surface area contributed by atoms with Crippen LogP contribution in [0.3, 0.4) is 0 Å². The molecular weight excluding hydrogens is 406 g/mol. The van der Waals surface area contributed by atoms with Gasteiger partial charge in [-0.05, 0) is 36.9 Å². The first kappa shape index (κ1) is 20.7. The van der Waals surface area contributed by atoms with Crippen LogP contribution < -0.4 is 17.0 Å². The molecule has 1 amide bonds. The highest BCUT2D eigenvalue weighted by molar-refractivity contribution is 6.00. The van der Waals surface area contributed by atoms with Crippen molar-refractivity contribution in [3.05, 3.63) is 105 Å². The largest absolute Gasteiger partial charge is 0.366 e. The summed E-state index contributed by atoms with van der Waals surface area (Å²) in [5.41, 5.74) is 7.75. The van der Waals surface area contributed by atoms with E-state index < -0.39 is 17.2 Å². The highest BCUT2D eigenvalue weighted by atomic mass is 16.2. The number of pyridine rings is 1. The van der Waals surface area contributed by atoms with E-state index in [1.807, 2.05) is 19.1 Å². The lowest BCUT2D eigenvalue weighted by atomic mass is 10.0. The lowest BCUT2D eigenvalue weighted by molar-refractivity contribution is 0.100. The smallest absolute Gasteiger partial charge is 0.333 e. The molecule has 0 aliphatic rings. The second kappa shape index (κ2) is 8.27. The summed E-state index contributed by atoms with van der Waals surface area (Å²) < 4.78 is 0.989. The zero-order valence-corrected chi connectivity index (χ0v) is 17.2. The number of nitrogens with zero attached hydrogens (tertiary/aromatic N) is 3. The number of primary amides is 1. The van der Waals surface area contributed by atoms with Crippen molar-refractivity contribution in [3.8, 4) is 11.1 Å². The van der Waals surface area contributed by atoms with E-state index in [1.165, 1.54) is 12.4 Å². The predicted octanol–water partition coefficient (Wildman–Crippen LogP) is 2.71. The number of hydrogen-bond donors (Lipinski definition) is 2. The van der Waals surface area contributed by atoms with Crippen molar-refractivity contribution < 1.29 is 4.79 Å². The van der Waals surface area contributed by atoms with Gasteiger partial charge in [0, 0.05) is 22.9 Å². The van der Waals surface area contributed by atoms with Crippen molar-refractivity contribution in [2.24, 2.45) is 10.7 Å². The van der Waals surface area contributed by atoms with Crippen molar-refractivity contribution in [1.29, 1.82) is 0 Å². The molecule has 0 aliphatic heterocycles. The van der Waals surface area contributed by atoms with Crippen molar-refractivity contribution >= 4 is 29.4 Å². The van der Waals surface area contributed by atoms with E-state index in [0.29, 0.717) is 22.3 Å². The number of amides is 1. The molecule has 0 atom stereocenters. The summed E-state index contributed by atoms with van der Waals surface area (Å²) in [5, 5.41) is 0. The number of rotatable bonds is 5. The van der Waals surface area contributed by atoms with Gasteiger partial charge in [-0.2, -0.15) is 0 Å². The minimum atomic E-state index is -0.650. The molecule has 8 heteroatoms. The molecule has 2 heterocycles. The Morgan fingerprint density at radius 3 is 2.50 bits per heavy atom. The van der Waals surface area contributed by atoms with Crippen LogP contribution in [-0.4, -0.2) is 27.2 Å². The van der Waals surface area contributed by atoms with Crippen LogP contribution in [0.2, 0.25) is 0 Å². The van der Waals surface area contributed by atoms with E-state index in [-0.39, 0.29) is 16.7 Å². The molecule has 0 aliphatic carbocycles. The van der Waals surface area contributed by atoms with Gasteiger partial charge in [-0.3, -0.25) is 14.6 Å². The first-order chi connectivity index (χ1) is 15.4. The van der Waals surface area contributed by atoms with Crippen molar-refractivity contribution in [2.75, 3.05) is 0 Å². The number of aryl methyl sites for hydroxylation is 1. The van der Waals surface area contributed by atoms with Crippen LogP contribution in [-0.2, 0) is 0 Å². The van der Waals surface area contributed by atoms with E-state index >= 15 is 0 Å². The molecule has 4 aromatic rings.